The molecule has 2 N–H and O–H groups in total. The van der Waals surface area contributed by atoms with Gasteiger partial charge in [0.2, 0.25) is 0 Å². The summed E-state index contributed by atoms with van der Waals surface area (Å²) in [5.74, 6) is 1.25. The van der Waals surface area contributed by atoms with Crippen LogP contribution in [0, 0.1) is 12.8 Å². The van der Waals surface area contributed by atoms with E-state index >= 15 is 0 Å². The highest BCUT2D eigenvalue weighted by atomic mass is 16.2. The molecule has 2 aromatic rings. The first-order valence-electron chi connectivity index (χ1n) is 8.24. The molecule has 0 saturated carbocycles. The molecule has 0 atom stereocenters. The Morgan fingerprint density at radius 1 is 1.26 bits per heavy atom. The van der Waals surface area contributed by atoms with Gasteiger partial charge >= 0.3 is 6.03 Å². The number of fused-ring (bicyclic) bond motifs is 1. The van der Waals surface area contributed by atoms with Crippen molar-refractivity contribution in [3.8, 4) is 0 Å². The standard InChI is InChI=1S/C18H24N4O/c1-13-11-17(22(2)21-13)20-18(23)19-12-14-7-9-15-5-3-4-6-16(15)10-8-14/h3-6,11,14H,7-10,12H2,1-2H3,(H2,19,20,23). The second kappa shape index (κ2) is 6.86. The highest BCUT2D eigenvalue weighted by Crippen LogP contribution is 2.24. The van der Waals surface area contributed by atoms with E-state index in [4.69, 9.17) is 0 Å². The molecule has 2 amide bonds. The van der Waals surface area contributed by atoms with E-state index in [0.717, 1.165) is 37.9 Å². The van der Waals surface area contributed by atoms with Gasteiger partial charge in [-0.2, -0.15) is 5.10 Å². The minimum atomic E-state index is -0.158. The van der Waals surface area contributed by atoms with E-state index < -0.39 is 0 Å². The van der Waals surface area contributed by atoms with Crippen LogP contribution in [0.1, 0.15) is 29.7 Å². The normalized spacial score (nSPS) is 14.9. The number of anilines is 1. The fraction of sp³-hybridized carbons (Fsp3) is 0.444. The van der Waals surface area contributed by atoms with Gasteiger partial charge in [-0.3, -0.25) is 10.00 Å². The highest BCUT2D eigenvalue weighted by molar-refractivity contribution is 5.88. The van der Waals surface area contributed by atoms with Crippen LogP contribution in [0.5, 0.6) is 0 Å². The van der Waals surface area contributed by atoms with Crippen LogP contribution in [-0.2, 0) is 19.9 Å². The molecule has 5 heteroatoms. The largest absolute Gasteiger partial charge is 0.338 e. The minimum absolute atomic E-state index is 0.158. The van der Waals surface area contributed by atoms with Crippen LogP contribution >= 0.6 is 0 Å². The Kier molecular flexibility index (Phi) is 4.65. The summed E-state index contributed by atoms with van der Waals surface area (Å²) < 4.78 is 1.68. The lowest BCUT2D eigenvalue weighted by atomic mass is 10.00. The van der Waals surface area contributed by atoms with Crippen LogP contribution < -0.4 is 10.6 Å². The van der Waals surface area contributed by atoms with Crippen molar-refractivity contribution in [2.24, 2.45) is 13.0 Å². The molecule has 0 bridgehead atoms. The predicted octanol–water partition coefficient (Wildman–Crippen LogP) is 3.05. The Bertz CT molecular complexity index is 665. The molecule has 0 saturated heterocycles. The van der Waals surface area contributed by atoms with Crippen molar-refractivity contribution < 1.29 is 4.79 Å². The Morgan fingerprint density at radius 3 is 2.48 bits per heavy atom. The second-order valence-electron chi connectivity index (χ2n) is 6.34. The maximum atomic E-state index is 12.1. The van der Waals surface area contributed by atoms with Gasteiger partial charge in [0.25, 0.3) is 0 Å². The third-order valence-corrected chi connectivity index (χ3v) is 4.56. The van der Waals surface area contributed by atoms with Crippen molar-refractivity contribution in [3.05, 3.63) is 47.2 Å². The SMILES string of the molecule is Cc1cc(NC(=O)NCC2CCc3ccccc3CC2)n(C)n1. The molecule has 3 rings (SSSR count). The van der Waals surface area contributed by atoms with Crippen molar-refractivity contribution in [1.29, 1.82) is 0 Å². The number of benzene rings is 1. The van der Waals surface area contributed by atoms with Crippen molar-refractivity contribution in [3.63, 3.8) is 0 Å². The number of rotatable bonds is 3. The lowest BCUT2D eigenvalue weighted by Crippen LogP contribution is -2.33. The Balaban J connectivity index is 1.49. The van der Waals surface area contributed by atoms with Crippen molar-refractivity contribution >= 4 is 11.8 Å². The molecule has 1 aliphatic carbocycles. The smallest absolute Gasteiger partial charge is 0.320 e. The van der Waals surface area contributed by atoms with Crippen LogP contribution in [0.25, 0.3) is 0 Å². The number of amides is 2. The van der Waals surface area contributed by atoms with E-state index in [1.165, 1.54) is 11.1 Å². The first-order valence-corrected chi connectivity index (χ1v) is 8.24. The molecule has 0 radical (unpaired) electrons. The Morgan fingerprint density at radius 2 is 1.91 bits per heavy atom. The van der Waals surface area contributed by atoms with E-state index in [9.17, 15) is 4.79 Å². The third-order valence-electron chi connectivity index (χ3n) is 4.56. The molecule has 0 fully saturated rings. The summed E-state index contributed by atoms with van der Waals surface area (Å²) in [5, 5.41) is 10.1. The van der Waals surface area contributed by atoms with E-state index in [1.807, 2.05) is 20.0 Å². The maximum absolute atomic E-state index is 12.1. The Hall–Kier alpha value is -2.30. The zero-order valence-electron chi connectivity index (χ0n) is 13.8. The van der Waals surface area contributed by atoms with Crippen molar-refractivity contribution in [1.82, 2.24) is 15.1 Å². The second-order valence-corrected chi connectivity index (χ2v) is 6.34. The molecule has 5 nitrogen and oxygen atoms in total. The van der Waals surface area contributed by atoms with E-state index in [0.29, 0.717) is 11.7 Å². The molecule has 122 valence electrons. The zero-order valence-corrected chi connectivity index (χ0v) is 13.8. The number of aromatic nitrogens is 2. The van der Waals surface area contributed by atoms with Gasteiger partial charge < -0.3 is 5.32 Å². The number of hydrogen-bond donors (Lipinski definition) is 2. The van der Waals surface area contributed by atoms with Gasteiger partial charge in [-0.25, -0.2) is 4.79 Å². The highest BCUT2D eigenvalue weighted by Gasteiger charge is 2.17. The van der Waals surface area contributed by atoms with Crippen LogP contribution in [0.2, 0.25) is 0 Å². The molecule has 1 heterocycles. The molecule has 0 spiro atoms. The molecular formula is C18H24N4O. The van der Waals surface area contributed by atoms with Gasteiger partial charge in [0.1, 0.15) is 5.82 Å². The fourth-order valence-corrected chi connectivity index (χ4v) is 3.24. The van der Waals surface area contributed by atoms with Gasteiger partial charge in [-0.15, -0.1) is 0 Å². The van der Waals surface area contributed by atoms with Gasteiger partial charge in [-0.05, 0) is 49.7 Å². The maximum Gasteiger partial charge on any atom is 0.320 e. The van der Waals surface area contributed by atoms with Gasteiger partial charge in [-0.1, -0.05) is 24.3 Å². The summed E-state index contributed by atoms with van der Waals surface area (Å²) in [7, 11) is 1.82. The van der Waals surface area contributed by atoms with Crippen LogP contribution in [0.4, 0.5) is 10.6 Å². The van der Waals surface area contributed by atoms with Crippen molar-refractivity contribution in [2.45, 2.75) is 32.6 Å². The minimum Gasteiger partial charge on any atom is -0.338 e. The lowest BCUT2D eigenvalue weighted by molar-refractivity contribution is 0.249. The molecule has 1 aliphatic rings. The third kappa shape index (κ3) is 3.92. The first kappa shape index (κ1) is 15.6. The summed E-state index contributed by atoms with van der Waals surface area (Å²) >= 11 is 0. The van der Waals surface area contributed by atoms with Crippen LogP contribution in [-0.4, -0.2) is 22.4 Å². The quantitative estimate of drug-likeness (QED) is 0.856. The number of hydrogen-bond acceptors (Lipinski definition) is 2. The van der Waals surface area contributed by atoms with Gasteiger partial charge in [0.15, 0.2) is 0 Å². The number of nitrogens with zero attached hydrogens (tertiary/aromatic N) is 2. The summed E-state index contributed by atoms with van der Waals surface area (Å²) in [6.45, 7) is 2.63. The fourth-order valence-electron chi connectivity index (χ4n) is 3.24. The number of carbonyl (C=O) groups is 1. The van der Waals surface area contributed by atoms with E-state index in [2.05, 4.69) is 40.0 Å². The lowest BCUT2D eigenvalue weighted by Gasteiger charge is -2.15. The summed E-state index contributed by atoms with van der Waals surface area (Å²) in [5.41, 5.74) is 3.82. The average Bonchev–Trinajstić information content (AvgIpc) is 2.74. The molecule has 0 unspecified atom stereocenters. The van der Waals surface area contributed by atoms with Crippen LogP contribution in [0.3, 0.4) is 0 Å². The summed E-state index contributed by atoms with van der Waals surface area (Å²) in [4.78, 5) is 12.1. The molecular weight excluding hydrogens is 288 g/mol. The number of urea groups is 1. The Labute approximate surface area is 137 Å². The summed E-state index contributed by atoms with van der Waals surface area (Å²) in [6.07, 6.45) is 4.46. The molecule has 23 heavy (non-hydrogen) atoms. The molecule has 1 aromatic heterocycles. The summed E-state index contributed by atoms with van der Waals surface area (Å²) in [6, 6.07) is 10.4. The first-order chi connectivity index (χ1) is 11.1. The number of aryl methyl sites for hydroxylation is 4. The van der Waals surface area contributed by atoms with Gasteiger partial charge in [0.05, 0.1) is 5.69 Å². The monoisotopic (exact) mass is 312 g/mol. The van der Waals surface area contributed by atoms with Gasteiger partial charge in [0, 0.05) is 19.7 Å². The molecule has 0 aliphatic heterocycles. The predicted molar refractivity (Wildman–Crippen MR) is 91.5 cm³/mol. The molecule has 1 aromatic carbocycles. The van der Waals surface area contributed by atoms with Crippen LogP contribution in [0.15, 0.2) is 30.3 Å². The number of carbonyl (C=O) groups excluding carboxylic acids is 1. The zero-order chi connectivity index (χ0) is 16.2. The number of nitrogens with one attached hydrogen (secondary N) is 2. The van der Waals surface area contributed by atoms with E-state index in [-0.39, 0.29) is 6.03 Å². The van der Waals surface area contributed by atoms with Crippen molar-refractivity contribution in [2.75, 3.05) is 11.9 Å². The topological polar surface area (TPSA) is 59.0 Å². The van der Waals surface area contributed by atoms with E-state index in [1.54, 1.807) is 4.68 Å². The average molecular weight is 312 g/mol.